The summed E-state index contributed by atoms with van der Waals surface area (Å²) in [5.41, 5.74) is 1.40. The molecule has 0 radical (unpaired) electrons. The van der Waals surface area contributed by atoms with Crippen molar-refractivity contribution in [1.82, 2.24) is 0 Å². The molecular formula is C12H13NO2. The van der Waals surface area contributed by atoms with Gasteiger partial charge >= 0.3 is 5.97 Å². The Hall–Kier alpha value is -1.95. The minimum absolute atomic E-state index is 0.427. The van der Waals surface area contributed by atoms with Crippen molar-refractivity contribution in [2.75, 3.05) is 11.9 Å². The molecular weight excluding hydrogens is 190 g/mol. The highest BCUT2D eigenvalue weighted by Crippen LogP contribution is 2.11. The summed E-state index contributed by atoms with van der Waals surface area (Å²) in [5, 5.41) is 3.12. The van der Waals surface area contributed by atoms with Crippen molar-refractivity contribution in [3.8, 4) is 12.0 Å². The van der Waals surface area contributed by atoms with Crippen molar-refractivity contribution in [1.29, 1.82) is 0 Å². The van der Waals surface area contributed by atoms with Gasteiger partial charge in [0.05, 0.1) is 5.56 Å². The molecule has 0 saturated heterocycles. The highest BCUT2D eigenvalue weighted by Gasteiger charge is 2.06. The maximum absolute atomic E-state index is 11.4. The van der Waals surface area contributed by atoms with Gasteiger partial charge in [-0.25, -0.2) is 4.79 Å². The fourth-order valence-electron chi connectivity index (χ4n) is 1.12. The lowest BCUT2D eigenvalue weighted by molar-refractivity contribution is 0.0690. The number of anilines is 1. The molecule has 1 rings (SSSR count). The van der Waals surface area contributed by atoms with Gasteiger partial charge in [0.25, 0.3) is 0 Å². The average molecular weight is 203 g/mol. The second-order valence-electron chi connectivity index (χ2n) is 2.85. The van der Waals surface area contributed by atoms with Crippen LogP contribution in [0.2, 0.25) is 0 Å². The first kappa shape index (κ1) is 11.1. The summed E-state index contributed by atoms with van der Waals surface area (Å²) in [6.07, 6.45) is 2.28. The molecule has 0 aliphatic rings. The van der Waals surface area contributed by atoms with Crippen LogP contribution in [0.3, 0.4) is 0 Å². The summed E-state index contributed by atoms with van der Waals surface area (Å²) in [5.74, 6) is 2.07. The lowest BCUT2D eigenvalue weighted by Crippen LogP contribution is -2.03. The van der Waals surface area contributed by atoms with E-state index in [4.69, 9.17) is 0 Å². The van der Waals surface area contributed by atoms with Crippen LogP contribution in [-0.4, -0.2) is 12.5 Å². The van der Waals surface area contributed by atoms with Crippen LogP contribution in [0.15, 0.2) is 24.3 Å². The molecule has 3 heteroatoms. The number of benzene rings is 1. The average Bonchev–Trinajstić information content (AvgIpc) is 2.27. The number of esters is 1. The van der Waals surface area contributed by atoms with E-state index in [0.717, 1.165) is 12.2 Å². The number of rotatable bonds is 3. The molecule has 0 fully saturated rings. The van der Waals surface area contributed by atoms with Crippen LogP contribution >= 0.6 is 0 Å². The zero-order valence-corrected chi connectivity index (χ0v) is 8.83. The number of nitrogens with one attached hydrogen (secondary N) is 1. The molecule has 3 nitrogen and oxygen atoms in total. The van der Waals surface area contributed by atoms with Gasteiger partial charge in [-0.2, -0.15) is 0 Å². The minimum Gasteiger partial charge on any atom is -0.385 e. The van der Waals surface area contributed by atoms with Gasteiger partial charge in [0.2, 0.25) is 0 Å². The Balaban J connectivity index is 2.78. The number of ether oxygens (including phenoxy) is 1. The maximum Gasteiger partial charge on any atom is 0.352 e. The standard InChI is InChI=1S/C12H13NO2/c1-3-8-15-12(14)10-6-5-7-11(9-10)13-4-2/h5-7,9,13H,4H2,1-2H3. The lowest BCUT2D eigenvalue weighted by Gasteiger charge is -2.03. The first-order chi connectivity index (χ1) is 7.27. The third-order valence-electron chi connectivity index (χ3n) is 1.72. The van der Waals surface area contributed by atoms with E-state index in [9.17, 15) is 4.79 Å². The molecule has 0 aromatic heterocycles. The Kier molecular flexibility index (Phi) is 4.24. The molecule has 0 saturated carbocycles. The van der Waals surface area contributed by atoms with Gasteiger partial charge in [-0.05, 0) is 25.1 Å². The van der Waals surface area contributed by atoms with Gasteiger partial charge in [-0.3, -0.25) is 0 Å². The van der Waals surface area contributed by atoms with E-state index in [1.165, 1.54) is 0 Å². The van der Waals surface area contributed by atoms with Gasteiger partial charge in [0.1, 0.15) is 6.11 Å². The molecule has 0 amide bonds. The van der Waals surface area contributed by atoms with Crippen LogP contribution in [0.5, 0.6) is 0 Å². The van der Waals surface area contributed by atoms with Crippen LogP contribution in [0.4, 0.5) is 5.69 Å². The molecule has 0 atom stereocenters. The topological polar surface area (TPSA) is 38.3 Å². The van der Waals surface area contributed by atoms with Gasteiger partial charge in [0, 0.05) is 19.2 Å². The highest BCUT2D eigenvalue weighted by molar-refractivity contribution is 5.91. The summed E-state index contributed by atoms with van der Waals surface area (Å²) >= 11 is 0. The quantitative estimate of drug-likeness (QED) is 0.605. The molecule has 0 heterocycles. The van der Waals surface area contributed by atoms with Gasteiger partial charge in [-0.1, -0.05) is 12.0 Å². The first-order valence-corrected chi connectivity index (χ1v) is 4.74. The number of carbonyl (C=O) groups excluding carboxylic acids is 1. The largest absolute Gasteiger partial charge is 0.385 e. The number of hydrogen-bond acceptors (Lipinski definition) is 3. The van der Waals surface area contributed by atoms with E-state index in [-0.39, 0.29) is 0 Å². The lowest BCUT2D eigenvalue weighted by atomic mass is 10.2. The summed E-state index contributed by atoms with van der Waals surface area (Å²) in [7, 11) is 0. The van der Waals surface area contributed by atoms with Crippen LogP contribution < -0.4 is 5.32 Å². The smallest absolute Gasteiger partial charge is 0.352 e. The van der Waals surface area contributed by atoms with E-state index in [0.29, 0.717) is 5.56 Å². The normalized spacial score (nSPS) is 8.67. The summed E-state index contributed by atoms with van der Waals surface area (Å²) in [4.78, 5) is 11.4. The molecule has 1 aromatic rings. The van der Waals surface area contributed by atoms with Crippen molar-refractivity contribution in [3.05, 3.63) is 29.8 Å². The van der Waals surface area contributed by atoms with Crippen molar-refractivity contribution < 1.29 is 9.53 Å². The monoisotopic (exact) mass is 203 g/mol. The predicted octanol–water partition coefficient (Wildman–Crippen LogP) is 2.26. The van der Waals surface area contributed by atoms with Crippen LogP contribution in [0, 0.1) is 12.0 Å². The Bertz CT molecular complexity index is 402. The molecule has 0 aliphatic carbocycles. The SMILES string of the molecule is CC#COC(=O)c1cccc(NCC)c1. The highest BCUT2D eigenvalue weighted by atomic mass is 16.5. The summed E-state index contributed by atoms with van der Waals surface area (Å²) in [6.45, 7) is 4.42. The third-order valence-corrected chi connectivity index (χ3v) is 1.72. The van der Waals surface area contributed by atoms with E-state index < -0.39 is 5.97 Å². The number of carbonyl (C=O) groups is 1. The Morgan fingerprint density at radius 2 is 2.33 bits per heavy atom. The zero-order chi connectivity index (χ0) is 11.1. The molecule has 1 aromatic carbocycles. The molecule has 1 N–H and O–H groups in total. The Morgan fingerprint density at radius 3 is 3.00 bits per heavy atom. The molecule has 0 aliphatic heterocycles. The summed E-state index contributed by atoms with van der Waals surface area (Å²) in [6, 6.07) is 7.13. The molecule has 0 bridgehead atoms. The van der Waals surface area contributed by atoms with E-state index >= 15 is 0 Å². The van der Waals surface area contributed by atoms with Gasteiger partial charge in [0.15, 0.2) is 0 Å². The van der Waals surface area contributed by atoms with Crippen molar-refractivity contribution in [2.45, 2.75) is 13.8 Å². The molecule has 0 unspecified atom stereocenters. The second-order valence-corrected chi connectivity index (χ2v) is 2.85. The minimum atomic E-state index is -0.427. The van der Waals surface area contributed by atoms with E-state index in [2.05, 4.69) is 22.1 Å². The van der Waals surface area contributed by atoms with E-state index in [1.54, 1.807) is 25.1 Å². The number of hydrogen-bond donors (Lipinski definition) is 1. The zero-order valence-electron chi connectivity index (χ0n) is 8.83. The van der Waals surface area contributed by atoms with Gasteiger partial charge < -0.3 is 10.1 Å². The predicted molar refractivity (Wildman–Crippen MR) is 59.5 cm³/mol. The van der Waals surface area contributed by atoms with Crippen LogP contribution in [0.1, 0.15) is 24.2 Å². The van der Waals surface area contributed by atoms with Crippen molar-refractivity contribution in [3.63, 3.8) is 0 Å². The first-order valence-electron chi connectivity index (χ1n) is 4.74. The van der Waals surface area contributed by atoms with Gasteiger partial charge in [-0.15, -0.1) is 0 Å². The third kappa shape index (κ3) is 3.35. The molecule has 15 heavy (non-hydrogen) atoms. The van der Waals surface area contributed by atoms with Crippen molar-refractivity contribution in [2.24, 2.45) is 0 Å². The van der Waals surface area contributed by atoms with E-state index in [1.807, 2.05) is 13.0 Å². The van der Waals surface area contributed by atoms with Crippen LogP contribution in [0.25, 0.3) is 0 Å². The Morgan fingerprint density at radius 1 is 1.53 bits per heavy atom. The molecule has 78 valence electrons. The Labute approximate surface area is 89.4 Å². The summed E-state index contributed by atoms with van der Waals surface area (Å²) < 4.78 is 4.68. The maximum atomic E-state index is 11.4. The fraction of sp³-hybridized carbons (Fsp3) is 0.250. The molecule has 0 spiro atoms. The second kappa shape index (κ2) is 5.71. The van der Waals surface area contributed by atoms with Crippen molar-refractivity contribution >= 4 is 11.7 Å². The fourth-order valence-corrected chi connectivity index (χ4v) is 1.12. The van der Waals surface area contributed by atoms with Crippen LogP contribution in [-0.2, 0) is 4.74 Å².